The first-order chi connectivity index (χ1) is 9.75. The highest BCUT2D eigenvalue weighted by molar-refractivity contribution is 5.78. The summed E-state index contributed by atoms with van der Waals surface area (Å²) < 4.78 is 0. The third kappa shape index (κ3) is 4.52. The number of hydrogen-bond donors (Lipinski definition) is 2. The molecule has 1 amide bonds. The first kappa shape index (κ1) is 14.3. The molecule has 0 saturated carbocycles. The highest BCUT2D eigenvalue weighted by atomic mass is 16.1. The lowest BCUT2D eigenvalue weighted by atomic mass is 10.1. The Morgan fingerprint density at radius 2 is 1.60 bits per heavy atom. The quantitative estimate of drug-likeness (QED) is 0.845. The van der Waals surface area contributed by atoms with Gasteiger partial charge in [-0.2, -0.15) is 0 Å². The van der Waals surface area contributed by atoms with Crippen LogP contribution in [0.4, 0.5) is 0 Å². The number of nitrogens with one attached hydrogen (secondary N) is 2. The molecule has 2 N–H and O–H groups in total. The summed E-state index contributed by atoms with van der Waals surface area (Å²) in [5, 5.41) is 6.13. The normalized spacial score (nSPS) is 11.8. The highest BCUT2D eigenvalue weighted by Crippen LogP contribution is 2.10. The van der Waals surface area contributed by atoms with Gasteiger partial charge in [0.15, 0.2) is 0 Å². The molecule has 0 unspecified atom stereocenters. The Morgan fingerprint density at radius 3 is 2.25 bits per heavy atom. The van der Waals surface area contributed by atoms with Crippen molar-refractivity contribution in [3.8, 4) is 0 Å². The molecular weight excluding hydrogens is 248 g/mol. The van der Waals surface area contributed by atoms with Gasteiger partial charge < -0.3 is 10.6 Å². The van der Waals surface area contributed by atoms with Gasteiger partial charge in [-0.3, -0.25) is 4.79 Å². The molecule has 1 atom stereocenters. The molecule has 0 spiro atoms. The van der Waals surface area contributed by atoms with E-state index in [1.165, 1.54) is 5.56 Å². The molecule has 3 heteroatoms. The van der Waals surface area contributed by atoms with E-state index in [9.17, 15) is 4.79 Å². The minimum Gasteiger partial charge on any atom is -0.348 e. The Hall–Kier alpha value is -2.13. The van der Waals surface area contributed by atoms with Gasteiger partial charge in [-0.15, -0.1) is 0 Å². The van der Waals surface area contributed by atoms with E-state index in [1.54, 1.807) is 0 Å². The zero-order chi connectivity index (χ0) is 14.2. The second-order valence-electron chi connectivity index (χ2n) is 4.79. The van der Waals surface area contributed by atoms with Gasteiger partial charge in [0.25, 0.3) is 0 Å². The van der Waals surface area contributed by atoms with Gasteiger partial charge in [0.2, 0.25) is 5.91 Å². The summed E-state index contributed by atoms with van der Waals surface area (Å²) >= 11 is 0. The van der Waals surface area contributed by atoms with Gasteiger partial charge in [-0.1, -0.05) is 60.7 Å². The average molecular weight is 268 g/mol. The van der Waals surface area contributed by atoms with E-state index in [2.05, 4.69) is 10.6 Å². The van der Waals surface area contributed by atoms with E-state index in [-0.39, 0.29) is 11.9 Å². The van der Waals surface area contributed by atoms with E-state index < -0.39 is 0 Å². The molecule has 104 valence electrons. The summed E-state index contributed by atoms with van der Waals surface area (Å²) in [6.45, 7) is 3.02. The number of carbonyl (C=O) groups is 1. The molecule has 0 aliphatic heterocycles. The molecule has 2 aromatic carbocycles. The van der Waals surface area contributed by atoms with E-state index in [0.717, 1.165) is 5.56 Å². The standard InChI is InChI=1S/C17H20N2O/c1-14(16-10-6-3-7-11-16)19-17(20)13-18-12-15-8-4-2-5-9-15/h2-11,14,18H,12-13H2,1H3,(H,19,20)/t14-/m0/s1. The van der Waals surface area contributed by atoms with Gasteiger partial charge in [0, 0.05) is 6.54 Å². The summed E-state index contributed by atoms with van der Waals surface area (Å²) in [6.07, 6.45) is 0. The number of rotatable bonds is 6. The number of hydrogen-bond acceptors (Lipinski definition) is 2. The van der Waals surface area contributed by atoms with Crippen molar-refractivity contribution >= 4 is 5.91 Å². The third-order valence-electron chi connectivity index (χ3n) is 3.13. The first-order valence-electron chi connectivity index (χ1n) is 6.84. The molecule has 0 heterocycles. The van der Waals surface area contributed by atoms with Crippen molar-refractivity contribution in [2.45, 2.75) is 19.5 Å². The number of benzene rings is 2. The van der Waals surface area contributed by atoms with Crippen LogP contribution < -0.4 is 10.6 Å². The topological polar surface area (TPSA) is 41.1 Å². The van der Waals surface area contributed by atoms with Crippen LogP contribution in [0.25, 0.3) is 0 Å². The second kappa shape index (κ2) is 7.46. The predicted octanol–water partition coefficient (Wildman–Crippen LogP) is 2.65. The van der Waals surface area contributed by atoms with Crippen molar-refractivity contribution in [1.29, 1.82) is 0 Å². The van der Waals surface area contributed by atoms with E-state index in [1.807, 2.05) is 67.6 Å². The van der Waals surface area contributed by atoms with E-state index in [0.29, 0.717) is 13.1 Å². The summed E-state index contributed by atoms with van der Waals surface area (Å²) in [6, 6.07) is 20.0. The van der Waals surface area contributed by atoms with Crippen LogP contribution in [0.2, 0.25) is 0 Å². The summed E-state index contributed by atoms with van der Waals surface area (Å²) in [4.78, 5) is 11.8. The molecule has 0 aromatic heterocycles. The summed E-state index contributed by atoms with van der Waals surface area (Å²) in [5.41, 5.74) is 2.29. The largest absolute Gasteiger partial charge is 0.348 e. The monoisotopic (exact) mass is 268 g/mol. The SMILES string of the molecule is C[C@H](NC(=O)CNCc1ccccc1)c1ccccc1. The molecule has 2 rings (SSSR count). The van der Waals surface area contributed by atoms with Crippen LogP contribution in [-0.4, -0.2) is 12.5 Å². The van der Waals surface area contributed by atoms with Gasteiger partial charge in [-0.05, 0) is 18.1 Å². The fraction of sp³-hybridized carbons (Fsp3) is 0.235. The van der Waals surface area contributed by atoms with E-state index in [4.69, 9.17) is 0 Å². The lowest BCUT2D eigenvalue weighted by Crippen LogP contribution is -2.35. The van der Waals surface area contributed by atoms with Gasteiger partial charge in [-0.25, -0.2) is 0 Å². The number of carbonyl (C=O) groups excluding carboxylic acids is 1. The lowest BCUT2D eigenvalue weighted by Gasteiger charge is -2.14. The molecular formula is C17H20N2O. The maximum absolute atomic E-state index is 11.8. The molecule has 20 heavy (non-hydrogen) atoms. The Kier molecular flexibility index (Phi) is 5.33. The van der Waals surface area contributed by atoms with E-state index >= 15 is 0 Å². The van der Waals surface area contributed by atoms with Crippen molar-refractivity contribution in [2.75, 3.05) is 6.54 Å². The van der Waals surface area contributed by atoms with Crippen LogP contribution in [-0.2, 0) is 11.3 Å². The second-order valence-corrected chi connectivity index (χ2v) is 4.79. The van der Waals surface area contributed by atoms with Crippen LogP contribution in [0.1, 0.15) is 24.1 Å². The zero-order valence-electron chi connectivity index (χ0n) is 11.7. The molecule has 2 aromatic rings. The van der Waals surface area contributed by atoms with Crippen molar-refractivity contribution < 1.29 is 4.79 Å². The Labute approximate surface area is 120 Å². The van der Waals surface area contributed by atoms with Crippen molar-refractivity contribution in [3.63, 3.8) is 0 Å². The summed E-state index contributed by atoms with van der Waals surface area (Å²) in [5.74, 6) is 0.0114. The molecule has 0 bridgehead atoms. The smallest absolute Gasteiger partial charge is 0.234 e. The van der Waals surface area contributed by atoms with Gasteiger partial charge >= 0.3 is 0 Å². The van der Waals surface area contributed by atoms with Crippen LogP contribution in [0.3, 0.4) is 0 Å². The maximum Gasteiger partial charge on any atom is 0.234 e. The molecule has 3 nitrogen and oxygen atoms in total. The van der Waals surface area contributed by atoms with Gasteiger partial charge in [0.05, 0.1) is 12.6 Å². The Bertz CT molecular complexity index is 525. The van der Waals surface area contributed by atoms with Crippen LogP contribution in [0.5, 0.6) is 0 Å². The maximum atomic E-state index is 11.8. The fourth-order valence-electron chi connectivity index (χ4n) is 2.03. The molecule has 0 saturated heterocycles. The molecule has 0 radical (unpaired) electrons. The van der Waals surface area contributed by atoms with Crippen molar-refractivity contribution in [1.82, 2.24) is 10.6 Å². The Balaban J connectivity index is 1.73. The molecule has 0 aliphatic rings. The van der Waals surface area contributed by atoms with Crippen molar-refractivity contribution in [3.05, 3.63) is 71.8 Å². The Morgan fingerprint density at radius 1 is 1.00 bits per heavy atom. The van der Waals surface area contributed by atoms with Crippen LogP contribution in [0.15, 0.2) is 60.7 Å². The number of amides is 1. The predicted molar refractivity (Wildman–Crippen MR) is 81.1 cm³/mol. The van der Waals surface area contributed by atoms with Gasteiger partial charge in [0.1, 0.15) is 0 Å². The zero-order valence-corrected chi connectivity index (χ0v) is 11.7. The first-order valence-corrected chi connectivity index (χ1v) is 6.84. The fourth-order valence-corrected chi connectivity index (χ4v) is 2.03. The highest BCUT2D eigenvalue weighted by Gasteiger charge is 2.08. The molecule has 0 aliphatic carbocycles. The minimum absolute atomic E-state index is 0.0114. The minimum atomic E-state index is 0.0114. The van der Waals surface area contributed by atoms with Crippen LogP contribution in [0, 0.1) is 0 Å². The average Bonchev–Trinajstić information content (AvgIpc) is 2.49. The molecule has 0 fully saturated rings. The van der Waals surface area contributed by atoms with Crippen LogP contribution >= 0.6 is 0 Å². The lowest BCUT2D eigenvalue weighted by molar-refractivity contribution is -0.120. The summed E-state index contributed by atoms with van der Waals surface area (Å²) in [7, 11) is 0. The third-order valence-corrected chi connectivity index (χ3v) is 3.13. The van der Waals surface area contributed by atoms with Crippen molar-refractivity contribution in [2.24, 2.45) is 0 Å².